The quantitative estimate of drug-likeness (QED) is 0.744. The van der Waals surface area contributed by atoms with E-state index < -0.39 is 0 Å². The third-order valence-corrected chi connectivity index (χ3v) is 3.60. The highest BCUT2D eigenvalue weighted by atomic mass is 35.5. The van der Waals surface area contributed by atoms with E-state index in [9.17, 15) is 4.79 Å². The van der Waals surface area contributed by atoms with E-state index in [0.29, 0.717) is 22.9 Å². The molecular weight excluding hydrogens is 328 g/mol. The fourth-order valence-electron chi connectivity index (χ4n) is 2.19. The summed E-state index contributed by atoms with van der Waals surface area (Å²) < 4.78 is 3.60. The molecule has 3 rings (SSSR count). The number of amides is 2. The van der Waals surface area contributed by atoms with Crippen molar-refractivity contribution in [2.45, 2.75) is 20.0 Å². The van der Waals surface area contributed by atoms with Crippen molar-refractivity contribution in [2.75, 3.05) is 10.6 Å². The molecule has 0 saturated heterocycles. The topological polar surface area (TPSA) is 76.8 Å². The van der Waals surface area contributed by atoms with E-state index >= 15 is 0 Å². The number of halogens is 1. The Kier molecular flexibility index (Phi) is 4.81. The maximum atomic E-state index is 12.0. The predicted molar refractivity (Wildman–Crippen MR) is 93.3 cm³/mol. The van der Waals surface area contributed by atoms with E-state index in [1.54, 1.807) is 41.3 Å². The molecule has 2 amide bonds. The molecule has 0 atom stereocenters. The summed E-state index contributed by atoms with van der Waals surface area (Å²) in [7, 11) is 0. The van der Waals surface area contributed by atoms with Crippen LogP contribution in [0.25, 0.3) is 0 Å². The molecule has 24 heavy (non-hydrogen) atoms. The van der Waals surface area contributed by atoms with Gasteiger partial charge in [0.05, 0.1) is 24.6 Å². The molecule has 8 heteroatoms. The molecule has 0 radical (unpaired) electrons. The van der Waals surface area contributed by atoms with Gasteiger partial charge in [-0.3, -0.25) is 9.36 Å². The number of carbonyl (C=O) groups excluding carboxylic acids is 1. The second-order valence-corrected chi connectivity index (χ2v) is 5.65. The van der Waals surface area contributed by atoms with Crippen LogP contribution in [0.5, 0.6) is 0 Å². The van der Waals surface area contributed by atoms with E-state index in [4.69, 9.17) is 11.6 Å². The molecule has 2 heterocycles. The molecule has 0 unspecified atom stereocenters. The molecule has 0 saturated carbocycles. The van der Waals surface area contributed by atoms with Gasteiger partial charge in [-0.15, -0.1) is 0 Å². The Bertz CT molecular complexity index is 823. The number of anilines is 2. The average molecular weight is 345 g/mol. The van der Waals surface area contributed by atoms with Crippen molar-refractivity contribution in [1.82, 2.24) is 19.6 Å². The highest BCUT2D eigenvalue weighted by Gasteiger charge is 2.06. The molecule has 0 aliphatic carbocycles. The monoisotopic (exact) mass is 344 g/mol. The summed E-state index contributed by atoms with van der Waals surface area (Å²) in [4.78, 5) is 12.0. The molecule has 124 valence electrons. The van der Waals surface area contributed by atoms with Crippen molar-refractivity contribution in [1.29, 1.82) is 0 Å². The predicted octanol–water partition coefficient (Wildman–Crippen LogP) is 3.45. The molecule has 2 N–H and O–H groups in total. The van der Waals surface area contributed by atoms with Gasteiger partial charge in [-0.2, -0.15) is 10.2 Å². The number of nitrogens with zero attached hydrogens (tertiary/aromatic N) is 4. The summed E-state index contributed by atoms with van der Waals surface area (Å²) in [6, 6.07) is 6.56. The third-order valence-electron chi connectivity index (χ3n) is 3.35. The zero-order chi connectivity index (χ0) is 16.9. The van der Waals surface area contributed by atoms with Crippen LogP contribution in [-0.2, 0) is 13.1 Å². The molecule has 0 bridgehead atoms. The first-order chi connectivity index (χ1) is 11.6. The Labute approximate surface area is 144 Å². The Morgan fingerprint density at radius 3 is 2.46 bits per heavy atom. The molecule has 0 aliphatic heterocycles. The zero-order valence-corrected chi connectivity index (χ0v) is 13.9. The fourth-order valence-corrected chi connectivity index (χ4v) is 2.32. The van der Waals surface area contributed by atoms with Gasteiger partial charge in [0.2, 0.25) is 0 Å². The molecule has 2 aromatic heterocycles. The van der Waals surface area contributed by atoms with Gasteiger partial charge < -0.3 is 10.6 Å². The van der Waals surface area contributed by atoms with Crippen LogP contribution in [0.1, 0.15) is 12.5 Å². The van der Waals surface area contributed by atoms with Crippen LogP contribution in [0.2, 0.25) is 5.02 Å². The summed E-state index contributed by atoms with van der Waals surface area (Å²) in [5.74, 6) is 0. The van der Waals surface area contributed by atoms with Crippen LogP contribution in [0.4, 0.5) is 16.2 Å². The Balaban J connectivity index is 1.57. The Morgan fingerprint density at radius 1 is 1.04 bits per heavy atom. The first-order valence-electron chi connectivity index (χ1n) is 7.50. The van der Waals surface area contributed by atoms with Crippen LogP contribution in [0.15, 0.2) is 49.1 Å². The molecule has 1 aromatic carbocycles. The number of nitrogens with one attached hydrogen (secondary N) is 2. The zero-order valence-electron chi connectivity index (χ0n) is 13.1. The van der Waals surface area contributed by atoms with Crippen molar-refractivity contribution in [2.24, 2.45) is 0 Å². The second-order valence-electron chi connectivity index (χ2n) is 5.22. The molecule has 7 nitrogen and oxygen atoms in total. The van der Waals surface area contributed by atoms with Crippen molar-refractivity contribution >= 4 is 29.0 Å². The number of aromatic nitrogens is 4. The SMILES string of the molecule is CCn1cc(Cn2cc(NC(=O)Nc3ccc(Cl)cc3)cn2)cn1. The van der Waals surface area contributed by atoms with Gasteiger partial charge in [-0.1, -0.05) is 11.6 Å². The van der Waals surface area contributed by atoms with Crippen molar-refractivity contribution in [3.8, 4) is 0 Å². The fraction of sp³-hybridized carbons (Fsp3) is 0.188. The van der Waals surface area contributed by atoms with Crippen LogP contribution >= 0.6 is 11.6 Å². The number of hydrogen-bond acceptors (Lipinski definition) is 3. The van der Waals surface area contributed by atoms with Gasteiger partial charge in [0.15, 0.2) is 0 Å². The van der Waals surface area contributed by atoms with E-state index in [1.165, 1.54) is 0 Å². The van der Waals surface area contributed by atoms with E-state index in [1.807, 2.05) is 24.0 Å². The van der Waals surface area contributed by atoms with Gasteiger partial charge in [0.1, 0.15) is 0 Å². The first kappa shape index (κ1) is 16.1. The van der Waals surface area contributed by atoms with Gasteiger partial charge in [-0.25, -0.2) is 4.79 Å². The molecule has 0 fully saturated rings. The van der Waals surface area contributed by atoms with Crippen LogP contribution in [0.3, 0.4) is 0 Å². The lowest BCUT2D eigenvalue weighted by atomic mass is 10.3. The number of aryl methyl sites for hydroxylation is 1. The number of urea groups is 1. The minimum Gasteiger partial charge on any atom is -0.308 e. The van der Waals surface area contributed by atoms with Crippen LogP contribution in [-0.4, -0.2) is 25.6 Å². The average Bonchev–Trinajstić information content (AvgIpc) is 3.19. The Hall–Kier alpha value is -2.80. The molecule has 0 aliphatic rings. The maximum absolute atomic E-state index is 12.0. The highest BCUT2D eigenvalue weighted by Crippen LogP contribution is 2.14. The minimum atomic E-state index is -0.337. The number of carbonyl (C=O) groups is 1. The molecule has 0 spiro atoms. The summed E-state index contributed by atoms with van der Waals surface area (Å²) >= 11 is 5.81. The summed E-state index contributed by atoms with van der Waals surface area (Å²) in [5.41, 5.74) is 2.33. The van der Waals surface area contributed by atoms with E-state index in [-0.39, 0.29) is 6.03 Å². The van der Waals surface area contributed by atoms with Crippen LogP contribution in [0, 0.1) is 0 Å². The largest absolute Gasteiger partial charge is 0.323 e. The smallest absolute Gasteiger partial charge is 0.308 e. The Morgan fingerprint density at radius 2 is 1.75 bits per heavy atom. The number of rotatable bonds is 5. The summed E-state index contributed by atoms with van der Waals surface area (Å²) in [5, 5.41) is 14.6. The highest BCUT2D eigenvalue weighted by molar-refractivity contribution is 6.30. The minimum absolute atomic E-state index is 0.337. The maximum Gasteiger partial charge on any atom is 0.323 e. The van der Waals surface area contributed by atoms with Crippen molar-refractivity contribution in [3.05, 3.63) is 59.6 Å². The standard InChI is InChI=1S/C16H17ClN6O/c1-2-22-9-12(7-18-22)10-23-11-15(8-19-23)21-16(24)20-14-5-3-13(17)4-6-14/h3-9,11H,2,10H2,1H3,(H2,20,21,24). The van der Waals surface area contributed by atoms with Crippen molar-refractivity contribution < 1.29 is 4.79 Å². The van der Waals surface area contributed by atoms with Crippen LogP contribution < -0.4 is 10.6 Å². The van der Waals surface area contributed by atoms with Gasteiger partial charge >= 0.3 is 6.03 Å². The second kappa shape index (κ2) is 7.18. The third kappa shape index (κ3) is 4.14. The van der Waals surface area contributed by atoms with Gasteiger partial charge in [0.25, 0.3) is 0 Å². The molecular formula is C16H17ClN6O. The lowest BCUT2D eigenvalue weighted by Gasteiger charge is -2.05. The number of hydrogen-bond donors (Lipinski definition) is 2. The lowest BCUT2D eigenvalue weighted by Crippen LogP contribution is -2.19. The summed E-state index contributed by atoms with van der Waals surface area (Å²) in [6.45, 7) is 3.46. The van der Waals surface area contributed by atoms with E-state index in [0.717, 1.165) is 12.1 Å². The first-order valence-corrected chi connectivity index (χ1v) is 7.87. The summed E-state index contributed by atoms with van der Waals surface area (Å²) in [6.07, 6.45) is 7.16. The lowest BCUT2D eigenvalue weighted by molar-refractivity contribution is 0.262. The van der Waals surface area contributed by atoms with Gasteiger partial charge in [0, 0.05) is 35.2 Å². The normalized spacial score (nSPS) is 10.6. The van der Waals surface area contributed by atoms with Crippen molar-refractivity contribution in [3.63, 3.8) is 0 Å². The molecule has 3 aromatic rings. The number of benzene rings is 1. The van der Waals surface area contributed by atoms with Gasteiger partial charge in [-0.05, 0) is 31.2 Å². The van der Waals surface area contributed by atoms with E-state index in [2.05, 4.69) is 20.8 Å².